The number of carbonyl (C=O) groups excluding carboxylic acids is 2. The fraction of sp³-hybridized carbons (Fsp3) is 0.484. The summed E-state index contributed by atoms with van der Waals surface area (Å²) in [6.45, 7) is 8.99. The highest BCUT2D eigenvalue weighted by molar-refractivity contribution is 6.39. The van der Waals surface area contributed by atoms with Gasteiger partial charge in [0.2, 0.25) is 0 Å². The summed E-state index contributed by atoms with van der Waals surface area (Å²) in [6.07, 6.45) is 6.24. The van der Waals surface area contributed by atoms with Crippen molar-refractivity contribution in [2.24, 2.45) is 5.92 Å². The van der Waals surface area contributed by atoms with E-state index in [1.165, 1.54) is 17.5 Å². The SMILES string of the molecule is CCc1cc(NC(=O)C(=O)N2CC(C)CCC2c2ccc3cc(C)c(C4CCN(C)CC4)nc3c2)cnc1N. The molecule has 2 fully saturated rings. The van der Waals surface area contributed by atoms with E-state index in [-0.39, 0.29) is 6.04 Å². The van der Waals surface area contributed by atoms with Crippen LogP contribution >= 0.6 is 0 Å². The average molecular weight is 529 g/mol. The number of carbonyl (C=O) groups is 2. The summed E-state index contributed by atoms with van der Waals surface area (Å²) in [7, 11) is 2.18. The van der Waals surface area contributed by atoms with E-state index in [0.29, 0.717) is 36.3 Å². The van der Waals surface area contributed by atoms with Gasteiger partial charge in [-0.05, 0) is 100.0 Å². The number of likely N-dealkylation sites (tertiary alicyclic amines) is 2. The first-order valence-electron chi connectivity index (χ1n) is 14.2. The van der Waals surface area contributed by atoms with Crippen LogP contribution in [0.15, 0.2) is 36.5 Å². The van der Waals surface area contributed by atoms with Crippen molar-refractivity contribution in [1.29, 1.82) is 0 Å². The number of fused-ring (bicyclic) bond motifs is 1. The number of anilines is 2. The molecule has 0 aliphatic carbocycles. The normalized spacial score (nSPS) is 20.8. The molecule has 2 saturated heterocycles. The summed E-state index contributed by atoms with van der Waals surface area (Å²) in [5, 5.41) is 3.85. The molecule has 2 amide bonds. The largest absolute Gasteiger partial charge is 0.383 e. The van der Waals surface area contributed by atoms with E-state index in [2.05, 4.69) is 60.4 Å². The fourth-order valence-electron chi connectivity index (χ4n) is 6.12. The van der Waals surface area contributed by atoms with E-state index in [9.17, 15) is 9.59 Å². The molecule has 0 bridgehead atoms. The number of amides is 2. The Labute approximate surface area is 231 Å². The van der Waals surface area contributed by atoms with Crippen LogP contribution in [0.25, 0.3) is 10.9 Å². The Bertz CT molecular complexity index is 1380. The average Bonchev–Trinajstić information content (AvgIpc) is 2.93. The van der Waals surface area contributed by atoms with Crippen LogP contribution in [0.2, 0.25) is 0 Å². The van der Waals surface area contributed by atoms with Crippen molar-refractivity contribution in [2.45, 2.75) is 64.8 Å². The van der Waals surface area contributed by atoms with Gasteiger partial charge in [0.25, 0.3) is 0 Å². The van der Waals surface area contributed by atoms with Crippen molar-refractivity contribution in [2.75, 3.05) is 37.7 Å². The van der Waals surface area contributed by atoms with Gasteiger partial charge in [-0.15, -0.1) is 0 Å². The summed E-state index contributed by atoms with van der Waals surface area (Å²) in [6, 6.07) is 10.2. The lowest BCUT2D eigenvalue weighted by atomic mass is 9.88. The number of aryl methyl sites for hydroxylation is 2. The molecule has 1 aromatic carbocycles. The molecule has 3 aromatic rings. The van der Waals surface area contributed by atoms with Crippen LogP contribution in [0.5, 0.6) is 0 Å². The number of aromatic nitrogens is 2. The van der Waals surface area contributed by atoms with E-state index < -0.39 is 11.8 Å². The zero-order valence-electron chi connectivity index (χ0n) is 23.5. The predicted molar refractivity (Wildman–Crippen MR) is 155 cm³/mol. The van der Waals surface area contributed by atoms with Crippen LogP contribution in [-0.2, 0) is 16.0 Å². The lowest BCUT2D eigenvalue weighted by Gasteiger charge is -2.38. The molecular weight excluding hydrogens is 488 g/mol. The van der Waals surface area contributed by atoms with Gasteiger partial charge in [0, 0.05) is 23.5 Å². The van der Waals surface area contributed by atoms with Crippen molar-refractivity contribution < 1.29 is 9.59 Å². The van der Waals surface area contributed by atoms with Gasteiger partial charge in [0.15, 0.2) is 0 Å². The lowest BCUT2D eigenvalue weighted by Crippen LogP contribution is -2.46. The number of pyridine rings is 2. The summed E-state index contributed by atoms with van der Waals surface area (Å²) >= 11 is 0. The van der Waals surface area contributed by atoms with E-state index in [1.807, 2.05) is 6.92 Å². The predicted octanol–water partition coefficient (Wildman–Crippen LogP) is 4.83. The summed E-state index contributed by atoms with van der Waals surface area (Å²) in [5.74, 6) is 0.0563. The number of nitrogens with two attached hydrogens (primary N) is 1. The highest BCUT2D eigenvalue weighted by Crippen LogP contribution is 2.36. The number of rotatable bonds is 4. The molecule has 2 aromatic heterocycles. The minimum absolute atomic E-state index is 0.172. The van der Waals surface area contributed by atoms with Gasteiger partial charge < -0.3 is 20.9 Å². The van der Waals surface area contributed by atoms with Crippen LogP contribution in [0, 0.1) is 12.8 Å². The first kappa shape index (κ1) is 27.1. The Morgan fingerprint density at radius 2 is 1.87 bits per heavy atom. The third-order valence-electron chi connectivity index (χ3n) is 8.47. The van der Waals surface area contributed by atoms with Crippen LogP contribution in [0.1, 0.15) is 73.9 Å². The van der Waals surface area contributed by atoms with Crippen LogP contribution in [0.4, 0.5) is 11.5 Å². The molecule has 39 heavy (non-hydrogen) atoms. The standard InChI is InChI=1S/C31H40N6O2/c1-5-21-15-25(17-33-29(21)32)34-30(38)31(39)37-18-19(2)6-9-27(37)24-8-7-23-14-20(3)28(35-26(23)16-24)22-10-12-36(4)13-11-22/h7-8,14-17,19,22,27H,5-6,9-13,18H2,1-4H3,(H2,32,33)(H,34,38). The summed E-state index contributed by atoms with van der Waals surface area (Å²) in [5.41, 5.74) is 11.7. The number of hydrogen-bond acceptors (Lipinski definition) is 6. The first-order valence-corrected chi connectivity index (χ1v) is 14.2. The zero-order chi connectivity index (χ0) is 27.7. The highest BCUT2D eigenvalue weighted by Gasteiger charge is 2.34. The van der Waals surface area contributed by atoms with Crippen molar-refractivity contribution in [3.05, 3.63) is 58.9 Å². The molecule has 8 heteroatoms. The number of hydrogen-bond donors (Lipinski definition) is 2. The topological polar surface area (TPSA) is 104 Å². The first-order chi connectivity index (χ1) is 18.7. The quantitative estimate of drug-likeness (QED) is 0.470. The van der Waals surface area contributed by atoms with Crippen LogP contribution < -0.4 is 11.1 Å². The molecule has 0 spiro atoms. The molecule has 2 atom stereocenters. The molecule has 206 valence electrons. The molecule has 4 heterocycles. The van der Waals surface area contributed by atoms with Gasteiger partial charge in [0.05, 0.1) is 23.4 Å². The molecule has 8 nitrogen and oxygen atoms in total. The Hall–Kier alpha value is -3.52. The summed E-state index contributed by atoms with van der Waals surface area (Å²) < 4.78 is 0. The van der Waals surface area contributed by atoms with Gasteiger partial charge in [-0.1, -0.05) is 26.0 Å². The van der Waals surface area contributed by atoms with Gasteiger partial charge >= 0.3 is 11.8 Å². The molecule has 5 rings (SSSR count). The molecule has 0 radical (unpaired) electrons. The van der Waals surface area contributed by atoms with Gasteiger partial charge in [-0.2, -0.15) is 0 Å². The maximum atomic E-state index is 13.5. The van der Waals surface area contributed by atoms with Gasteiger partial charge in [-0.3, -0.25) is 14.6 Å². The van der Waals surface area contributed by atoms with E-state index >= 15 is 0 Å². The third kappa shape index (κ3) is 5.76. The number of piperidine rings is 2. The minimum Gasteiger partial charge on any atom is -0.383 e. The van der Waals surface area contributed by atoms with E-state index in [0.717, 1.165) is 60.8 Å². The molecule has 2 aliphatic heterocycles. The molecule has 0 saturated carbocycles. The van der Waals surface area contributed by atoms with Gasteiger partial charge in [0.1, 0.15) is 5.82 Å². The zero-order valence-corrected chi connectivity index (χ0v) is 23.5. The maximum Gasteiger partial charge on any atom is 0.313 e. The van der Waals surface area contributed by atoms with E-state index in [4.69, 9.17) is 10.7 Å². The summed E-state index contributed by atoms with van der Waals surface area (Å²) in [4.78, 5) is 40.0. The number of benzene rings is 1. The van der Waals surface area contributed by atoms with E-state index in [1.54, 1.807) is 11.0 Å². The smallest absolute Gasteiger partial charge is 0.313 e. The second-order valence-corrected chi connectivity index (χ2v) is 11.5. The Balaban J connectivity index is 1.40. The monoisotopic (exact) mass is 528 g/mol. The lowest BCUT2D eigenvalue weighted by molar-refractivity contribution is -0.146. The van der Waals surface area contributed by atoms with Crippen molar-refractivity contribution in [1.82, 2.24) is 19.8 Å². The molecule has 3 N–H and O–H groups in total. The maximum absolute atomic E-state index is 13.5. The molecule has 2 aliphatic rings. The number of nitrogens with zero attached hydrogens (tertiary/aromatic N) is 4. The van der Waals surface area contributed by atoms with Crippen LogP contribution in [-0.4, -0.2) is 58.3 Å². The number of nitrogen functional groups attached to an aromatic ring is 1. The van der Waals surface area contributed by atoms with Crippen LogP contribution in [0.3, 0.4) is 0 Å². The van der Waals surface area contributed by atoms with Gasteiger partial charge in [-0.25, -0.2) is 4.98 Å². The fourth-order valence-corrected chi connectivity index (χ4v) is 6.12. The molecular formula is C31H40N6O2. The third-order valence-corrected chi connectivity index (χ3v) is 8.47. The minimum atomic E-state index is -0.651. The van der Waals surface area contributed by atoms with Crippen molar-refractivity contribution in [3.8, 4) is 0 Å². The second-order valence-electron chi connectivity index (χ2n) is 11.5. The Morgan fingerprint density at radius 3 is 2.62 bits per heavy atom. The Morgan fingerprint density at radius 1 is 1.10 bits per heavy atom. The Kier molecular flexibility index (Phi) is 7.84. The van der Waals surface area contributed by atoms with Crippen molar-refractivity contribution >= 4 is 34.2 Å². The van der Waals surface area contributed by atoms with Crippen molar-refractivity contribution in [3.63, 3.8) is 0 Å². The second kappa shape index (κ2) is 11.3. The molecule has 2 unspecified atom stereocenters. The number of nitrogens with one attached hydrogen (secondary N) is 1. The highest BCUT2D eigenvalue weighted by atomic mass is 16.2.